The van der Waals surface area contributed by atoms with Crippen LogP contribution in [0.3, 0.4) is 0 Å². The Morgan fingerprint density at radius 2 is 2.05 bits per heavy atom. The van der Waals surface area contributed by atoms with Gasteiger partial charge in [-0.15, -0.1) is 11.3 Å². The van der Waals surface area contributed by atoms with Crippen LogP contribution < -0.4 is 10.6 Å². The molecule has 2 amide bonds. The number of aliphatic carboxylic acids is 1. The highest BCUT2D eigenvalue weighted by Crippen LogP contribution is 2.39. The van der Waals surface area contributed by atoms with Crippen molar-refractivity contribution in [1.29, 1.82) is 0 Å². The highest BCUT2D eigenvalue weighted by molar-refractivity contribution is 7.17. The van der Waals surface area contributed by atoms with Gasteiger partial charge in [0.25, 0.3) is 5.91 Å². The monoisotopic (exact) mass is 310 g/mol. The Kier molecular flexibility index (Phi) is 4.62. The number of carbonyl (C=O) groups excluding carboxylic acids is 2. The maximum atomic E-state index is 12.4. The fourth-order valence-corrected chi connectivity index (χ4v) is 3.79. The Bertz CT molecular complexity index is 594. The van der Waals surface area contributed by atoms with Crippen molar-refractivity contribution in [3.8, 4) is 0 Å². The predicted molar refractivity (Wildman–Crippen MR) is 79.8 cm³/mol. The van der Waals surface area contributed by atoms with E-state index in [0.29, 0.717) is 17.0 Å². The fourth-order valence-electron chi connectivity index (χ4n) is 2.46. The minimum Gasteiger partial charge on any atom is -0.480 e. The lowest BCUT2D eigenvalue weighted by atomic mass is 10.1. The Balaban J connectivity index is 2.30. The van der Waals surface area contributed by atoms with Crippen LogP contribution in [0, 0.1) is 0 Å². The molecule has 7 heteroatoms. The lowest BCUT2D eigenvalue weighted by Gasteiger charge is -2.13. The molecule has 0 saturated carbocycles. The fraction of sp³-hybridized carbons (Fsp3) is 0.500. The zero-order valence-electron chi connectivity index (χ0n) is 12.0. The van der Waals surface area contributed by atoms with Gasteiger partial charge in [0.2, 0.25) is 5.91 Å². The first-order valence-corrected chi connectivity index (χ1v) is 7.71. The van der Waals surface area contributed by atoms with Crippen molar-refractivity contribution in [1.82, 2.24) is 5.32 Å². The third-order valence-electron chi connectivity index (χ3n) is 3.45. The SMILES string of the molecule is CCC(NC(=O)c1c(NC(C)=O)sc2c1CCC2)C(=O)O. The lowest BCUT2D eigenvalue weighted by molar-refractivity contribution is -0.139. The predicted octanol–water partition coefficient (Wildman–Crippen LogP) is 1.79. The van der Waals surface area contributed by atoms with E-state index in [1.165, 1.54) is 18.3 Å². The van der Waals surface area contributed by atoms with E-state index < -0.39 is 17.9 Å². The molecule has 0 radical (unpaired) electrons. The van der Waals surface area contributed by atoms with Crippen molar-refractivity contribution in [2.75, 3.05) is 5.32 Å². The second-order valence-corrected chi connectivity index (χ2v) is 6.12. The van der Waals surface area contributed by atoms with E-state index in [4.69, 9.17) is 5.11 Å². The molecule has 0 aromatic carbocycles. The summed E-state index contributed by atoms with van der Waals surface area (Å²) in [6.07, 6.45) is 2.98. The molecule has 1 aliphatic carbocycles. The van der Waals surface area contributed by atoms with E-state index in [-0.39, 0.29) is 5.91 Å². The second kappa shape index (κ2) is 6.26. The smallest absolute Gasteiger partial charge is 0.326 e. The molecule has 1 aromatic heterocycles. The van der Waals surface area contributed by atoms with Crippen molar-refractivity contribution < 1.29 is 19.5 Å². The maximum absolute atomic E-state index is 12.4. The van der Waals surface area contributed by atoms with Gasteiger partial charge in [0.1, 0.15) is 11.0 Å². The summed E-state index contributed by atoms with van der Waals surface area (Å²) in [6.45, 7) is 3.09. The highest BCUT2D eigenvalue weighted by Gasteiger charge is 2.29. The number of nitrogens with one attached hydrogen (secondary N) is 2. The first-order valence-electron chi connectivity index (χ1n) is 6.89. The maximum Gasteiger partial charge on any atom is 0.326 e. The Labute approximate surface area is 126 Å². The largest absolute Gasteiger partial charge is 0.480 e. The normalized spacial score (nSPS) is 14.4. The van der Waals surface area contributed by atoms with Crippen LogP contribution in [0.25, 0.3) is 0 Å². The van der Waals surface area contributed by atoms with Gasteiger partial charge in [0.05, 0.1) is 5.56 Å². The minimum atomic E-state index is -1.06. The molecule has 0 saturated heterocycles. The molecule has 0 bridgehead atoms. The molecule has 1 heterocycles. The van der Waals surface area contributed by atoms with Crippen molar-refractivity contribution in [3.63, 3.8) is 0 Å². The molecule has 6 nitrogen and oxygen atoms in total. The number of thiophene rings is 1. The van der Waals surface area contributed by atoms with Gasteiger partial charge in [-0.05, 0) is 31.2 Å². The highest BCUT2D eigenvalue weighted by atomic mass is 32.1. The van der Waals surface area contributed by atoms with E-state index >= 15 is 0 Å². The van der Waals surface area contributed by atoms with Gasteiger partial charge in [-0.25, -0.2) is 4.79 Å². The number of carboxylic acid groups (broad SMARTS) is 1. The van der Waals surface area contributed by atoms with Crippen LogP contribution in [0.1, 0.15) is 47.5 Å². The molecular weight excluding hydrogens is 292 g/mol. The summed E-state index contributed by atoms with van der Waals surface area (Å²) in [5.74, 6) is -1.72. The van der Waals surface area contributed by atoms with Gasteiger partial charge in [-0.1, -0.05) is 6.92 Å². The Morgan fingerprint density at radius 3 is 2.62 bits per heavy atom. The summed E-state index contributed by atoms with van der Waals surface area (Å²) < 4.78 is 0. The molecule has 0 spiro atoms. The lowest BCUT2D eigenvalue weighted by Crippen LogP contribution is -2.40. The third-order valence-corrected chi connectivity index (χ3v) is 4.66. The molecule has 3 N–H and O–H groups in total. The molecule has 21 heavy (non-hydrogen) atoms. The molecule has 2 rings (SSSR count). The Hall–Kier alpha value is -1.89. The van der Waals surface area contributed by atoms with Gasteiger partial charge in [-0.3, -0.25) is 9.59 Å². The first-order chi connectivity index (χ1) is 9.93. The van der Waals surface area contributed by atoms with Crippen molar-refractivity contribution in [2.24, 2.45) is 0 Å². The van der Waals surface area contributed by atoms with E-state index in [0.717, 1.165) is 29.7 Å². The van der Waals surface area contributed by atoms with E-state index in [2.05, 4.69) is 10.6 Å². The number of fused-ring (bicyclic) bond motifs is 1. The van der Waals surface area contributed by atoms with Crippen molar-refractivity contribution >= 4 is 34.1 Å². The summed E-state index contributed by atoms with van der Waals surface area (Å²) in [5, 5.41) is 14.8. The average molecular weight is 310 g/mol. The average Bonchev–Trinajstić information content (AvgIpc) is 2.94. The van der Waals surface area contributed by atoms with Crippen molar-refractivity contribution in [2.45, 2.75) is 45.6 Å². The molecule has 1 aliphatic rings. The molecule has 1 aromatic rings. The van der Waals surface area contributed by atoms with Crippen LogP contribution in [0.4, 0.5) is 5.00 Å². The summed E-state index contributed by atoms with van der Waals surface area (Å²) in [6, 6.07) is -0.917. The number of carboxylic acids is 1. The minimum absolute atomic E-state index is 0.241. The summed E-state index contributed by atoms with van der Waals surface area (Å²) in [4.78, 5) is 35.8. The first kappa shape index (κ1) is 15.5. The molecular formula is C14H18N2O4S. The number of aryl methyl sites for hydroxylation is 1. The number of amides is 2. The summed E-state index contributed by atoms with van der Waals surface area (Å²) >= 11 is 1.41. The molecule has 1 atom stereocenters. The van der Waals surface area contributed by atoms with Gasteiger partial charge in [-0.2, -0.15) is 0 Å². The van der Waals surface area contributed by atoms with Crippen molar-refractivity contribution in [3.05, 3.63) is 16.0 Å². The van der Waals surface area contributed by atoms with Crippen LogP contribution in [0.5, 0.6) is 0 Å². The van der Waals surface area contributed by atoms with Gasteiger partial charge >= 0.3 is 5.97 Å². The van der Waals surface area contributed by atoms with Crippen LogP contribution in [0.2, 0.25) is 0 Å². The number of rotatable bonds is 5. The second-order valence-electron chi connectivity index (χ2n) is 5.02. The molecule has 0 aliphatic heterocycles. The zero-order valence-corrected chi connectivity index (χ0v) is 12.8. The van der Waals surface area contributed by atoms with Crippen LogP contribution in [0.15, 0.2) is 0 Å². The van der Waals surface area contributed by atoms with Gasteiger partial charge in [0, 0.05) is 11.8 Å². The number of hydrogen-bond donors (Lipinski definition) is 3. The topological polar surface area (TPSA) is 95.5 Å². The number of carbonyl (C=O) groups is 3. The van der Waals surface area contributed by atoms with E-state index in [1.807, 2.05) is 0 Å². The number of hydrogen-bond acceptors (Lipinski definition) is 4. The van der Waals surface area contributed by atoms with Gasteiger partial charge < -0.3 is 15.7 Å². The molecule has 1 unspecified atom stereocenters. The molecule has 114 valence electrons. The van der Waals surface area contributed by atoms with Crippen LogP contribution in [-0.4, -0.2) is 28.9 Å². The van der Waals surface area contributed by atoms with Crippen LogP contribution in [-0.2, 0) is 22.4 Å². The Morgan fingerprint density at radius 1 is 1.33 bits per heavy atom. The van der Waals surface area contributed by atoms with Gasteiger partial charge in [0.15, 0.2) is 0 Å². The zero-order chi connectivity index (χ0) is 15.6. The standard InChI is InChI=1S/C14H18N2O4S/c1-3-9(14(19)20)16-12(18)11-8-5-4-6-10(8)21-13(11)15-7(2)17/h9H,3-6H2,1-2H3,(H,15,17)(H,16,18)(H,19,20). The quantitative estimate of drug-likeness (QED) is 0.772. The third kappa shape index (κ3) is 3.24. The van der Waals surface area contributed by atoms with Crippen LogP contribution >= 0.6 is 11.3 Å². The summed E-state index contributed by atoms with van der Waals surface area (Å²) in [5.41, 5.74) is 1.38. The summed E-state index contributed by atoms with van der Waals surface area (Å²) in [7, 11) is 0. The molecule has 0 fully saturated rings. The van der Waals surface area contributed by atoms with E-state index in [1.54, 1.807) is 6.92 Å². The van der Waals surface area contributed by atoms with E-state index in [9.17, 15) is 14.4 Å². The number of anilines is 1.